The molecule has 1 aromatic carbocycles. The monoisotopic (exact) mass is 290 g/mol. The number of para-hydroxylation sites is 2. The van der Waals surface area contributed by atoms with Gasteiger partial charge < -0.3 is 5.32 Å². The number of nitrogens with one attached hydrogen (secondary N) is 1. The Morgan fingerprint density at radius 2 is 1.86 bits per heavy atom. The first-order valence-electron chi connectivity index (χ1n) is 6.89. The molecule has 5 nitrogen and oxygen atoms in total. The van der Waals surface area contributed by atoms with Crippen molar-refractivity contribution in [1.82, 2.24) is 20.3 Å². The zero-order valence-electron chi connectivity index (χ0n) is 11.8. The Labute approximate surface area is 127 Å². The van der Waals surface area contributed by atoms with Crippen LogP contribution in [0, 0.1) is 0 Å². The van der Waals surface area contributed by atoms with Crippen molar-refractivity contribution in [1.29, 1.82) is 0 Å². The average Bonchev–Trinajstić information content (AvgIpc) is 2.59. The third-order valence-corrected chi connectivity index (χ3v) is 3.04. The van der Waals surface area contributed by atoms with Crippen LogP contribution < -0.4 is 5.32 Å². The number of pyridine rings is 1. The second-order valence-electron chi connectivity index (χ2n) is 4.66. The van der Waals surface area contributed by atoms with Gasteiger partial charge in [-0.2, -0.15) is 0 Å². The molecule has 0 saturated heterocycles. The summed E-state index contributed by atoms with van der Waals surface area (Å²) in [5.41, 5.74) is 3.10. The Balaban J connectivity index is 1.63. The van der Waals surface area contributed by atoms with Crippen molar-refractivity contribution in [2.24, 2.45) is 0 Å². The first-order chi connectivity index (χ1) is 10.8. The first kappa shape index (κ1) is 13.9. The van der Waals surface area contributed by atoms with E-state index in [-0.39, 0.29) is 5.91 Å². The van der Waals surface area contributed by atoms with Gasteiger partial charge in [0.15, 0.2) is 0 Å². The molecule has 0 radical (unpaired) electrons. The van der Waals surface area contributed by atoms with E-state index in [0.29, 0.717) is 12.2 Å². The molecular weight excluding hydrogens is 276 g/mol. The normalized spacial score (nSPS) is 10.9. The van der Waals surface area contributed by atoms with E-state index in [4.69, 9.17) is 0 Å². The van der Waals surface area contributed by atoms with Gasteiger partial charge in [0.25, 0.3) is 0 Å². The highest BCUT2D eigenvalue weighted by molar-refractivity contribution is 5.91. The minimum atomic E-state index is -0.194. The lowest BCUT2D eigenvalue weighted by Crippen LogP contribution is -2.20. The summed E-state index contributed by atoms with van der Waals surface area (Å²) in [6.07, 6.45) is 6.43. The Morgan fingerprint density at radius 3 is 2.68 bits per heavy atom. The SMILES string of the molecule is O=C(/C=C/c1cnc2ccccc2n1)NCc1ccccn1. The maximum Gasteiger partial charge on any atom is 0.244 e. The van der Waals surface area contributed by atoms with Gasteiger partial charge in [-0.15, -0.1) is 0 Å². The van der Waals surface area contributed by atoms with Crippen molar-refractivity contribution in [3.05, 3.63) is 72.3 Å². The number of benzene rings is 1. The number of hydrogen-bond acceptors (Lipinski definition) is 4. The fourth-order valence-corrected chi connectivity index (χ4v) is 1.95. The van der Waals surface area contributed by atoms with Crippen LogP contribution in [0.25, 0.3) is 17.1 Å². The van der Waals surface area contributed by atoms with Crippen LogP contribution in [0.3, 0.4) is 0 Å². The van der Waals surface area contributed by atoms with Gasteiger partial charge in [0.2, 0.25) is 5.91 Å². The summed E-state index contributed by atoms with van der Waals surface area (Å²) in [6, 6.07) is 13.2. The number of hydrogen-bond donors (Lipinski definition) is 1. The van der Waals surface area contributed by atoms with Crippen LogP contribution in [0.4, 0.5) is 0 Å². The summed E-state index contributed by atoms with van der Waals surface area (Å²) < 4.78 is 0. The Hall–Kier alpha value is -3.08. The standard InChI is InChI=1S/C17H14N4O/c22-17(20-11-13-5-3-4-10-18-13)9-8-14-12-19-15-6-1-2-7-16(15)21-14/h1-10,12H,11H2,(H,20,22)/b9-8+. The van der Waals surface area contributed by atoms with E-state index in [1.54, 1.807) is 18.5 Å². The van der Waals surface area contributed by atoms with Gasteiger partial charge in [0.05, 0.1) is 35.2 Å². The molecule has 0 bridgehead atoms. The van der Waals surface area contributed by atoms with Gasteiger partial charge in [-0.05, 0) is 30.3 Å². The smallest absolute Gasteiger partial charge is 0.244 e. The predicted molar refractivity (Wildman–Crippen MR) is 84.7 cm³/mol. The third kappa shape index (κ3) is 3.52. The molecule has 0 aliphatic heterocycles. The van der Waals surface area contributed by atoms with E-state index in [0.717, 1.165) is 16.7 Å². The molecule has 2 aromatic heterocycles. The molecule has 1 N–H and O–H groups in total. The number of carbonyl (C=O) groups excluding carboxylic acids is 1. The minimum absolute atomic E-state index is 0.194. The van der Waals surface area contributed by atoms with Crippen LogP contribution in [0.5, 0.6) is 0 Å². The van der Waals surface area contributed by atoms with E-state index in [1.807, 2.05) is 42.5 Å². The van der Waals surface area contributed by atoms with E-state index in [2.05, 4.69) is 20.3 Å². The lowest BCUT2D eigenvalue weighted by Gasteiger charge is -2.01. The van der Waals surface area contributed by atoms with E-state index < -0.39 is 0 Å². The van der Waals surface area contributed by atoms with Gasteiger partial charge in [-0.3, -0.25) is 14.8 Å². The summed E-state index contributed by atoms with van der Waals surface area (Å²) in [4.78, 5) is 24.6. The number of fused-ring (bicyclic) bond motifs is 1. The second-order valence-corrected chi connectivity index (χ2v) is 4.66. The summed E-state index contributed by atoms with van der Waals surface area (Å²) in [6.45, 7) is 0.396. The van der Waals surface area contributed by atoms with Crippen molar-refractivity contribution in [2.75, 3.05) is 0 Å². The number of nitrogens with zero attached hydrogens (tertiary/aromatic N) is 3. The van der Waals surface area contributed by atoms with Gasteiger partial charge in [-0.1, -0.05) is 18.2 Å². The predicted octanol–water partition coefficient (Wildman–Crippen LogP) is 2.35. The van der Waals surface area contributed by atoms with Crippen LogP contribution in [0.2, 0.25) is 0 Å². The van der Waals surface area contributed by atoms with Gasteiger partial charge in [0.1, 0.15) is 0 Å². The fourth-order valence-electron chi connectivity index (χ4n) is 1.95. The van der Waals surface area contributed by atoms with E-state index in [1.165, 1.54) is 6.08 Å². The molecule has 0 saturated carbocycles. The molecule has 108 valence electrons. The highest BCUT2D eigenvalue weighted by Crippen LogP contribution is 2.09. The molecule has 3 aromatic rings. The summed E-state index contributed by atoms with van der Waals surface area (Å²) in [7, 11) is 0. The Morgan fingerprint density at radius 1 is 1.05 bits per heavy atom. The molecule has 0 atom stereocenters. The maximum atomic E-state index is 11.8. The number of aromatic nitrogens is 3. The molecule has 5 heteroatoms. The average molecular weight is 290 g/mol. The fraction of sp³-hybridized carbons (Fsp3) is 0.0588. The van der Waals surface area contributed by atoms with Gasteiger partial charge in [0, 0.05) is 12.3 Å². The number of carbonyl (C=O) groups is 1. The van der Waals surface area contributed by atoms with Crippen molar-refractivity contribution >= 4 is 23.0 Å². The van der Waals surface area contributed by atoms with Crippen LogP contribution >= 0.6 is 0 Å². The lowest BCUT2D eigenvalue weighted by atomic mass is 10.3. The van der Waals surface area contributed by atoms with Crippen LogP contribution in [0.15, 0.2) is 60.9 Å². The summed E-state index contributed by atoms with van der Waals surface area (Å²) >= 11 is 0. The molecular formula is C17H14N4O. The van der Waals surface area contributed by atoms with Crippen molar-refractivity contribution in [3.63, 3.8) is 0 Å². The molecule has 2 heterocycles. The Kier molecular flexibility index (Phi) is 4.15. The molecule has 0 unspecified atom stereocenters. The zero-order chi connectivity index (χ0) is 15.2. The molecule has 0 aliphatic rings. The molecule has 0 spiro atoms. The second kappa shape index (κ2) is 6.58. The van der Waals surface area contributed by atoms with Crippen molar-refractivity contribution in [2.45, 2.75) is 6.54 Å². The highest BCUT2D eigenvalue weighted by Gasteiger charge is 1.99. The lowest BCUT2D eigenvalue weighted by molar-refractivity contribution is -0.116. The Bertz CT molecular complexity index is 815. The molecule has 0 aliphatic carbocycles. The maximum absolute atomic E-state index is 11.8. The van der Waals surface area contributed by atoms with Crippen LogP contribution in [-0.4, -0.2) is 20.9 Å². The van der Waals surface area contributed by atoms with Crippen molar-refractivity contribution in [3.8, 4) is 0 Å². The molecule has 1 amide bonds. The summed E-state index contributed by atoms with van der Waals surface area (Å²) in [5.74, 6) is -0.194. The first-order valence-corrected chi connectivity index (χ1v) is 6.89. The van der Waals surface area contributed by atoms with E-state index in [9.17, 15) is 4.79 Å². The van der Waals surface area contributed by atoms with Crippen molar-refractivity contribution < 1.29 is 4.79 Å². The quantitative estimate of drug-likeness (QED) is 0.749. The van der Waals surface area contributed by atoms with E-state index >= 15 is 0 Å². The minimum Gasteiger partial charge on any atom is -0.347 e. The van der Waals surface area contributed by atoms with Gasteiger partial charge in [-0.25, -0.2) is 4.98 Å². The largest absolute Gasteiger partial charge is 0.347 e. The molecule has 22 heavy (non-hydrogen) atoms. The number of rotatable bonds is 4. The van der Waals surface area contributed by atoms with Gasteiger partial charge >= 0.3 is 0 Å². The zero-order valence-corrected chi connectivity index (χ0v) is 11.8. The van der Waals surface area contributed by atoms with Crippen LogP contribution in [0.1, 0.15) is 11.4 Å². The third-order valence-electron chi connectivity index (χ3n) is 3.04. The number of amides is 1. The van der Waals surface area contributed by atoms with Crippen LogP contribution in [-0.2, 0) is 11.3 Å². The molecule has 3 rings (SSSR count). The highest BCUT2D eigenvalue weighted by atomic mass is 16.1. The molecule has 0 fully saturated rings. The topological polar surface area (TPSA) is 67.8 Å². The summed E-state index contributed by atoms with van der Waals surface area (Å²) in [5, 5.41) is 2.77.